The zero-order chi connectivity index (χ0) is 29.9. The monoisotopic (exact) mass is 609 g/mol. The molecule has 0 aliphatic carbocycles. The van der Waals surface area contributed by atoms with Gasteiger partial charge in [-0.05, 0) is 25.1 Å². The number of likely N-dealkylation sites (tertiary alicyclic amines) is 1. The number of fused-ring (bicyclic) bond motifs is 1. The third-order valence-corrected chi connectivity index (χ3v) is 8.20. The van der Waals surface area contributed by atoms with Crippen molar-refractivity contribution in [2.45, 2.75) is 38.6 Å². The first kappa shape index (κ1) is 30.6. The van der Waals surface area contributed by atoms with Gasteiger partial charge < -0.3 is 28.6 Å². The molecule has 0 unspecified atom stereocenters. The maximum Gasteiger partial charge on any atom is 0.367 e. The fourth-order valence-electron chi connectivity index (χ4n) is 4.57. The van der Waals surface area contributed by atoms with E-state index in [1.807, 2.05) is 0 Å². The first-order chi connectivity index (χ1) is 19.5. The molecule has 2 aromatic carbocycles. The highest BCUT2D eigenvalue weighted by Gasteiger charge is 2.40. The number of alkyl halides is 1. The van der Waals surface area contributed by atoms with E-state index in [1.165, 1.54) is 48.0 Å². The van der Waals surface area contributed by atoms with Crippen LogP contribution < -0.4 is 10.1 Å². The topological polar surface area (TPSA) is 116 Å². The quantitative estimate of drug-likeness (QED) is 0.239. The van der Waals surface area contributed by atoms with Gasteiger partial charge in [-0.3, -0.25) is 18.9 Å². The zero-order valence-electron chi connectivity index (χ0n) is 22.0. The number of ketones is 1. The number of halogens is 3. The molecular weight excluding hydrogens is 583 g/mol. The van der Waals surface area contributed by atoms with Crippen LogP contribution in [0.5, 0.6) is 5.75 Å². The Morgan fingerprint density at radius 1 is 1.20 bits per heavy atom. The van der Waals surface area contributed by atoms with Crippen molar-refractivity contribution in [1.29, 1.82) is 0 Å². The molecule has 2 atom stereocenters. The molecule has 1 aliphatic heterocycles. The zero-order valence-corrected chi connectivity index (χ0v) is 23.6. The van der Waals surface area contributed by atoms with Gasteiger partial charge >= 0.3 is 7.60 Å². The summed E-state index contributed by atoms with van der Waals surface area (Å²) in [6.45, 7) is 0.547. The van der Waals surface area contributed by atoms with E-state index in [-0.39, 0.29) is 48.2 Å². The number of hydrogen-bond acceptors (Lipinski definition) is 7. The normalized spacial score (nSPS) is 17.2. The van der Waals surface area contributed by atoms with Crippen molar-refractivity contribution < 1.29 is 41.5 Å². The van der Waals surface area contributed by atoms with Crippen LogP contribution in [0.1, 0.15) is 29.3 Å². The van der Waals surface area contributed by atoms with Gasteiger partial charge in [-0.25, -0.2) is 8.78 Å². The molecule has 0 saturated carbocycles. The lowest BCUT2D eigenvalue weighted by molar-refractivity contribution is -0.139. The minimum absolute atomic E-state index is 0.101. The predicted octanol–water partition coefficient (Wildman–Crippen LogP) is 5.04. The van der Waals surface area contributed by atoms with Crippen LogP contribution in [0.3, 0.4) is 0 Å². The van der Waals surface area contributed by atoms with Crippen molar-refractivity contribution in [3.05, 3.63) is 78.8 Å². The number of ether oxygens (including phenoxy) is 1. The molecule has 0 bridgehead atoms. The molecule has 2 radical (unpaired) electrons. The number of carbonyl (C=O) groups is 3. The molecule has 1 fully saturated rings. The van der Waals surface area contributed by atoms with Crippen LogP contribution in [0, 0.1) is 20.0 Å². The van der Waals surface area contributed by atoms with Crippen molar-refractivity contribution in [2.24, 2.45) is 0 Å². The Kier molecular flexibility index (Phi) is 9.48. The summed E-state index contributed by atoms with van der Waals surface area (Å²) in [7, 11) is 2.49. The van der Waals surface area contributed by atoms with Crippen LogP contribution in [0.2, 0.25) is 5.02 Å². The number of Topliss-reactive ketones (excluding diaryl/α,β-unsaturated/α-hetero) is 1. The number of benzene rings is 2. The minimum Gasteiger partial charge on any atom is -0.481 e. The third kappa shape index (κ3) is 6.78. The predicted molar refractivity (Wildman–Crippen MR) is 146 cm³/mol. The van der Waals surface area contributed by atoms with Crippen LogP contribution in [-0.2, 0) is 36.3 Å². The van der Waals surface area contributed by atoms with E-state index < -0.39 is 43.8 Å². The van der Waals surface area contributed by atoms with Gasteiger partial charge in [0, 0.05) is 41.7 Å². The van der Waals surface area contributed by atoms with Crippen molar-refractivity contribution in [2.75, 3.05) is 12.9 Å². The minimum atomic E-state index is -3.69. The Morgan fingerprint density at radius 3 is 2.61 bits per heavy atom. The molecule has 2 amide bonds. The number of aromatic nitrogens is 1. The van der Waals surface area contributed by atoms with Gasteiger partial charge in [-0.1, -0.05) is 23.7 Å². The SMILES string of the molecule is [CH2]OP(=O)(COc1ccc2c(C(C)=O)cn(CC(=O)N3C[C@H](F)C[C@H]3C(=O)NCc3cccc(Cl)c3F)c2c1)O[CH2]. The number of amides is 2. The number of carbonyl (C=O) groups excluding carboxylic acids is 3. The Balaban J connectivity index is 1.54. The maximum absolute atomic E-state index is 14.4. The summed E-state index contributed by atoms with van der Waals surface area (Å²) in [4.78, 5) is 39.7. The molecule has 3 aromatic rings. The maximum atomic E-state index is 14.4. The van der Waals surface area contributed by atoms with Crippen LogP contribution in [-0.4, -0.2) is 52.2 Å². The first-order valence-corrected chi connectivity index (χ1v) is 14.4. The summed E-state index contributed by atoms with van der Waals surface area (Å²) in [5.74, 6) is -1.92. The van der Waals surface area contributed by atoms with Crippen LogP contribution >= 0.6 is 19.2 Å². The van der Waals surface area contributed by atoms with Crippen LogP contribution in [0.4, 0.5) is 8.78 Å². The standard InChI is InChI=1S/C27H27ClF2N3O7P/c1-16(34)21-13-32(23-10-19(7-8-20(21)23)40-15-41(37,38-2)39-3)14-25(35)33-12-18(29)9-24(33)27(36)31-11-17-5-4-6-22(28)26(17)30/h4-8,10,13,18,24H,2-3,9,11-12,14-15H2,1H3,(H,31,36)/t18-,24+/m1/s1. The molecule has 41 heavy (non-hydrogen) atoms. The number of nitrogens with one attached hydrogen (secondary N) is 1. The van der Waals surface area contributed by atoms with Crippen LogP contribution in [0.25, 0.3) is 10.9 Å². The average Bonchev–Trinajstić information content (AvgIpc) is 3.53. The summed E-state index contributed by atoms with van der Waals surface area (Å²) in [5.41, 5.74) is 0.900. The smallest absolute Gasteiger partial charge is 0.367 e. The fraction of sp³-hybridized carbons (Fsp3) is 0.296. The highest BCUT2D eigenvalue weighted by atomic mass is 35.5. The molecule has 4 rings (SSSR count). The number of hydrogen-bond donors (Lipinski definition) is 1. The fourth-order valence-corrected chi connectivity index (χ4v) is 5.29. The van der Waals surface area contributed by atoms with E-state index in [9.17, 15) is 27.7 Å². The van der Waals surface area contributed by atoms with Crippen molar-refractivity contribution >= 4 is 47.7 Å². The van der Waals surface area contributed by atoms with E-state index in [2.05, 4.69) is 28.6 Å². The van der Waals surface area contributed by atoms with Gasteiger partial charge in [0.15, 0.2) is 12.1 Å². The van der Waals surface area contributed by atoms with Gasteiger partial charge in [0.25, 0.3) is 0 Å². The van der Waals surface area contributed by atoms with Crippen molar-refractivity contribution in [1.82, 2.24) is 14.8 Å². The lowest BCUT2D eigenvalue weighted by atomic mass is 10.1. The molecule has 1 saturated heterocycles. The van der Waals surface area contributed by atoms with Gasteiger partial charge in [0.1, 0.15) is 30.3 Å². The Labute approximate surface area is 240 Å². The van der Waals surface area contributed by atoms with E-state index in [4.69, 9.17) is 16.3 Å². The van der Waals surface area contributed by atoms with Crippen LogP contribution in [0.15, 0.2) is 42.6 Å². The second kappa shape index (κ2) is 12.7. The molecule has 1 N–H and O–H groups in total. The van der Waals surface area contributed by atoms with Gasteiger partial charge in [-0.15, -0.1) is 0 Å². The Bertz CT molecular complexity index is 1520. The average molecular weight is 610 g/mol. The summed E-state index contributed by atoms with van der Waals surface area (Å²) >= 11 is 5.79. The summed E-state index contributed by atoms with van der Waals surface area (Å²) < 4.78 is 57.0. The van der Waals surface area contributed by atoms with E-state index in [0.717, 1.165) is 4.90 Å². The Morgan fingerprint density at radius 2 is 1.93 bits per heavy atom. The van der Waals surface area contributed by atoms with Crippen molar-refractivity contribution in [3.63, 3.8) is 0 Å². The highest BCUT2D eigenvalue weighted by molar-refractivity contribution is 7.53. The van der Waals surface area contributed by atoms with Gasteiger partial charge in [0.05, 0.1) is 31.3 Å². The molecule has 1 aromatic heterocycles. The lowest BCUT2D eigenvalue weighted by Gasteiger charge is -2.24. The van der Waals surface area contributed by atoms with Crippen molar-refractivity contribution in [3.8, 4) is 5.75 Å². The molecule has 10 nitrogen and oxygen atoms in total. The van der Waals surface area contributed by atoms with E-state index in [0.29, 0.717) is 16.5 Å². The second-order valence-corrected chi connectivity index (χ2v) is 11.8. The molecule has 14 heteroatoms. The molecule has 218 valence electrons. The summed E-state index contributed by atoms with van der Waals surface area (Å²) in [6.07, 6.45) is -0.668. The van der Waals surface area contributed by atoms with E-state index in [1.54, 1.807) is 6.07 Å². The van der Waals surface area contributed by atoms with E-state index >= 15 is 0 Å². The van der Waals surface area contributed by atoms with Gasteiger partial charge in [0.2, 0.25) is 11.8 Å². The highest BCUT2D eigenvalue weighted by Crippen LogP contribution is 2.47. The summed E-state index contributed by atoms with van der Waals surface area (Å²) in [6, 6.07) is 7.90. The molecular formula is C27H27ClF2N3O7P. The second-order valence-electron chi connectivity index (χ2n) is 9.37. The number of rotatable bonds is 11. The molecule has 0 spiro atoms. The largest absolute Gasteiger partial charge is 0.481 e. The first-order valence-electron chi connectivity index (χ1n) is 12.3. The summed E-state index contributed by atoms with van der Waals surface area (Å²) in [5, 5.41) is 2.97. The molecule has 2 heterocycles. The van der Waals surface area contributed by atoms with Gasteiger partial charge in [-0.2, -0.15) is 0 Å². The third-order valence-electron chi connectivity index (χ3n) is 6.68. The number of nitrogens with zero attached hydrogens (tertiary/aromatic N) is 2. The molecule has 1 aliphatic rings. The lowest BCUT2D eigenvalue weighted by Crippen LogP contribution is -2.46. The Hall–Kier alpha value is -3.31.